The van der Waals surface area contributed by atoms with E-state index in [0.29, 0.717) is 24.3 Å². The molecule has 1 amide bonds. The summed E-state index contributed by atoms with van der Waals surface area (Å²) in [6, 6.07) is 11.3. The van der Waals surface area contributed by atoms with Crippen LogP contribution in [0, 0.1) is 11.3 Å². The maximum Gasteiger partial charge on any atom is 0.253 e. The first-order valence-electron chi connectivity index (χ1n) is 8.31. The van der Waals surface area contributed by atoms with Gasteiger partial charge in [-0.05, 0) is 35.9 Å². The molecular formula is C19H22N4O2. The van der Waals surface area contributed by atoms with Gasteiger partial charge in [0.2, 0.25) is 0 Å². The molecule has 0 N–H and O–H groups in total. The van der Waals surface area contributed by atoms with Crippen molar-refractivity contribution in [2.45, 2.75) is 6.54 Å². The first-order valence-corrected chi connectivity index (χ1v) is 8.31. The van der Waals surface area contributed by atoms with Crippen molar-refractivity contribution >= 4 is 5.91 Å². The maximum atomic E-state index is 12.6. The summed E-state index contributed by atoms with van der Waals surface area (Å²) in [6.45, 7) is 3.89. The molecule has 0 spiro atoms. The molecule has 2 aromatic rings. The number of aromatic nitrogens is 1. The van der Waals surface area contributed by atoms with Crippen LogP contribution in [-0.4, -0.2) is 53.6 Å². The molecule has 1 aromatic heterocycles. The second kappa shape index (κ2) is 7.41. The van der Waals surface area contributed by atoms with Gasteiger partial charge in [0.15, 0.2) is 0 Å². The quantitative estimate of drug-likeness (QED) is 0.854. The van der Waals surface area contributed by atoms with Crippen LogP contribution in [-0.2, 0) is 13.6 Å². The first kappa shape index (κ1) is 17.1. The highest BCUT2D eigenvalue weighted by Gasteiger charge is 2.22. The third kappa shape index (κ3) is 3.83. The minimum absolute atomic E-state index is 0.0637. The fourth-order valence-corrected chi connectivity index (χ4v) is 3.11. The van der Waals surface area contributed by atoms with E-state index in [0.717, 1.165) is 30.9 Å². The summed E-state index contributed by atoms with van der Waals surface area (Å²) >= 11 is 0. The Morgan fingerprint density at radius 2 is 1.88 bits per heavy atom. The van der Waals surface area contributed by atoms with Crippen molar-refractivity contribution in [1.29, 1.82) is 5.26 Å². The number of nitrogens with zero attached hydrogens (tertiary/aromatic N) is 4. The highest BCUT2D eigenvalue weighted by Crippen LogP contribution is 2.16. The zero-order valence-corrected chi connectivity index (χ0v) is 14.6. The van der Waals surface area contributed by atoms with Gasteiger partial charge in [0, 0.05) is 51.5 Å². The minimum atomic E-state index is 0.0637. The lowest BCUT2D eigenvalue weighted by molar-refractivity contribution is 0.0628. The van der Waals surface area contributed by atoms with Crippen LogP contribution >= 0.6 is 0 Å². The van der Waals surface area contributed by atoms with E-state index in [-0.39, 0.29) is 5.91 Å². The van der Waals surface area contributed by atoms with E-state index in [4.69, 9.17) is 10.00 Å². The van der Waals surface area contributed by atoms with Gasteiger partial charge in [-0.15, -0.1) is 0 Å². The largest absolute Gasteiger partial charge is 0.497 e. The monoisotopic (exact) mass is 338 g/mol. The molecule has 0 unspecified atom stereocenters. The summed E-state index contributed by atoms with van der Waals surface area (Å²) in [5.41, 5.74) is 2.49. The van der Waals surface area contributed by atoms with Gasteiger partial charge in [0.1, 0.15) is 17.5 Å². The Morgan fingerprint density at radius 1 is 1.20 bits per heavy atom. The van der Waals surface area contributed by atoms with E-state index in [2.05, 4.69) is 11.0 Å². The van der Waals surface area contributed by atoms with Crippen LogP contribution in [0.2, 0.25) is 0 Å². The number of amides is 1. The fraction of sp³-hybridized carbons (Fsp3) is 0.368. The number of rotatable bonds is 4. The Balaban J connectivity index is 1.55. The van der Waals surface area contributed by atoms with Crippen LogP contribution < -0.4 is 4.74 Å². The number of aryl methyl sites for hydroxylation is 1. The van der Waals surface area contributed by atoms with Gasteiger partial charge in [0.05, 0.1) is 7.11 Å². The minimum Gasteiger partial charge on any atom is -0.497 e. The average molecular weight is 338 g/mol. The van der Waals surface area contributed by atoms with Crippen LogP contribution in [0.4, 0.5) is 0 Å². The number of nitriles is 1. The maximum absolute atomic E-state index is 12.6. The summed E-state index contributed by atoms with van der Waals surface area (Å²) in [4.78, 5) is 16.8. The summed E-state index contributed by atoms with van der Waals surface area (Å²) < 4.78 is 6.98. The molecule has 2 heterocycles. The SMILES string of the molecule is COc1ccc(C(=O)N2CCN(Cc3cc(C#N)n(C)c3)CC2)cc1. The van der Waals surface area contributed by atoms with E-state index in [1.54, 1.807) is 19.2 Å². The van der Waals surface area contributed by atoms with Crippen LogP contribution in [0.1, 0.15) is 21.6 Å². The molecule has 6 nitrogen and oxygen atoms in total. The lowest BCUT2D eigenvalue weighted by atomic mass is 10.1. The molecule has 0 saturated carbocycles. The van der Waals surface area contributed by atoms with Crippen molar-refractivity contribution in [3.05, 3.63) is 53.3 Å². The molecule has 130 valence electrons. The molecule has 3 rings (SSSR count). The number of hydrogen-bond donors (Lipinski definition) is 0. The predicted molar refractivity (Wildman–Crippen MR) is 94.3 cm³/mol. The molecule has 0 radical (unpaired) electrons. The van der Waals surface area contributed by atoms with E-state index < -0.39 is 0 Å². The lowest BCUT2D eigenvalue weighted by Gasteiger charge is -2.34. The van der Waals surface area contributed by atoms with E-state index >= 15 is 0 Å². The van der Waals surface area contributed by atoms with Crippen LogP contribution in [0.5, 0.6) is 5.75 Å². The Bertz CT molecular complexity index is 781. The van der Waals surface area contributed by atoms with Crippen molar-refractivity contribution in [2.24, 2.45) is 7.05 Å². The molecule has 1 aliphatic rings. The van der Waals surface area contributed by atoms with E-state index in [1.165, 1.54) is 0 Å². The molecule has 1 aromatic carbocycles. The summed E-state index contributed by atoms with van der Waals surface area (Å²) in [5, 5.41) is 9.04. The summed E-state index contributed by atoms with van der Waals surface area (Å²) in [7, 11) is 3.50. The van der Waals surface area contributed by atoms with Crippen molar-refractivity contribution in [2.75, 3.05) is 33.3 Å². The molecule has 25 heavy (non-hydrogen) atoms. The van der Waals surface area contributed by atoms with Crippen LogP contribution in [0.15, 0.2) is 36.5 Å². The third-order valence-corrected chi connectivity index (χ3v) is 4.58. The van der Waals surface area contributed by atoms with Gasteiger partial charge in [-0.1, -0.05) is 0 Å². The highest BCUT2D eigenvalue weighted by atomic mass is 16.5. The van der Waals surface area contributed by atoms with E-state index in [1.807, 2.05) is 40.9 Å². The van der Waals surface area contributed by atoms with Crippen molar-refractivity contribution in [3.63, 3.8) is 0 Å². The average Bonchev–Trinajstić information content (AvgIpc) is 3.01. The molecule has 6 heteroatoms. The Morgan fingerprint density at radius 3 is 2.44 bits per heavy atom. The first-order chi connectivity index (χ1) is 12.1. The molecule has 0 bridgehead atoms. The number of piperazine rings is 1. The fourth-order valence-electron chi connectivity index (χ4n) is 3.11. The predicted octanol–water partition coefficient (Wildman–Crippen LogP) is 1.86. The zero-order chi connectivity index (χ0) is 17.8. The van der Waals surface area contributed by atoms with Gasteiger partial charge < -0.3 is 14.2 Å². The van der Waals surface area contributed by atoms with Crippen molar-refractivity contribution < 1.29 is 9.53 Å². The Kier molecular flexibility index (Phi) is 5.05. The van der Waals surface area contributed by atoms with Crippen LogP contribution in [0.3, 0.4) is 0 Å². The molecule has 0 aliphatic carbocycles. The van der Waals surface area contributed by atoms with E-state index in [9.17, 15) is 4.79 Å². The Hall–Kier alpha value is -2.78. The summed E-state index contributed by atoms with van der Waals surface area (Å²) in [6.07, 6.45) is 1.99. The van der Waals surface area contributed by atoms with Crippen LogP contribution in [0.25, 0.3) is 0 Å². The standard InChI is InChI=1S/C19H22N4O2/c1-21-13-15(11-17(21)12-20)14-22-7-9-23(10-8-22)19(24)16-3-5-18(25-2)6-4-16/h3-6,11,13H,7-10,14H2,1-2H3. The third-order valence-electron chi connectivity index (χ3n) is 4.58. The topological polar surface area (TPSA) is 61.5 Å². The van der Waals surface area contributed by atoms with Crippen molar-refractivity contribution in [1.82, 2.24) is 14.4 Å². The number of ether oxygens (including phenoxy) is 1. The molecule has 0 atom stereocenters. The van der Waals surface area contributed by atoms with Gasteiger partial charge in [-0.3, -0.25) is 9.69 Å². The van der Waals surface area contributed by atoms with Crippen molar-refractivity contribution in [3.8, 4) is 11.8 Å². The number of carbonyl (C=O) groups excluding carboxylic acids is 1. The van der Waals surface area contributed by atoms with Gasteiger partial charge in [0.25, 0.3) is 5.91 Å². The molecule has 1 fully saturated rings. The van der Waals surface area contributed by atoms with Gasteiger partial charge in [-0.2, -0.15) is 5.26 Å². The van der Waals surface area contributed by atoms with Gasteiger partial charge in [-0.25, -0.2) is 0 Å². The molecule has 1 aliphatic heterocycles. The number of methoxy groups -OCH3 is 1. The summed E-state index contributed by atoms with van der Waals surface area (Å²) in [5.74, 6) is 0.815. The molecule has 1 saturated heterocycles. The number of hydrogen-bond acceptors (Lipinski definition) is 4. The number of benzene rings is 1. The lowest BCUT2D eigenvalue weighted by Crippen LogP contribution is -2.48. The molecular weight excluding hydrogens is 316 g/mol. The number of carbonyl (C=O) groups is 1. The normalized spacial score (nSPS) is 15.0. The second-order valence-corrected chi connectivity index (χ2v) is 6.25. The van der Waals surface area contributed by atoms with Gasteiger partial charge >= 0.3 is 0 Å². The second-order valence-electron chi connectivity index (χ2n) is 6.25. The zero-order valence-electron chi connectivity index (χ0n) is 14.6. The highest BCUT2D eigenvalue weighted by molar-refractivity contribution is 5.94. The smallest absolute Gasteiger partial charge is 0.253 e. The Labute approximate surface area is 147 Å².